The number of nitrogens with one attached hydrogen (secondary N) is 2. The van der Waals surface area contributed by atoms with E-state index in [1.165, 1.54) is 0 Å². The van der Waals surface area contributed by atoms with Crippen LogP contribution in [0.3, 0.4) is 0 Å². The van der Waals surface area contributed by atoms with Crippen LogP contribution in [0, 0.1) is 6.92 Å². The first-order chi connectivity index (χ1) is 15.1. The average molecular weight is 415 g/mol. The number of rotatable bonds is 4. The molecule has 0 saturated heterocycles. The smallest absolute Gasteiger partial charge is 0.162 e. The van der Waals surface area contributed by atoms with E-state index in [9.17, 15) is 4.79 Å². The summed E-state index contributed by atoms with van der Waals surface area (Å²) < 4.78 is 10.8. The average Bonchev–Trinajstić information content (AvgIpc) is 3.17. The van der Waals surface area contributed by atoms with E-state index < -0.39 is 0 Å². The number of allylic oxidation sites excluding steroid dienone is 2. The minimum atomic E-state index is -0.106. The molecular weight excluding hydrogens is 390 g/mol. The highest BCUT2D eigenvalue weighted by Crippen LogP contribution is 2.48. The molecule has 0 bridgehead atoms. The zero-order valence-corrected chi connectivity index (χ0v) is 17.9. The number of ether oxygens (including phenoxy) is 2. The van der Waals surface area contributed by atoms with Gasteiger partial charge in [-0.2, -0.15) is 5.10 Å². The third-order valence-corrected chi connectivity index (χ3v) is 6.36. The molecule has 2 N–H and O–H groups in total. The molecule has 2 atom stereocenters. The van der Waals surface area contributed by atoms with E-state index >= 15 is 0 Å². The fraction of sp³-hybridized carbons (Fsp3) is 0.280. The van der Waals surface area contributed by atoms with E-state index in [0.717, 1.165) is 45.9 Å². The van der Waals surface area contributed by atoms with E-state index in [1.807, 2.05) is 43.3 Å². The van der Waals surface area contributed by atoms with Crippen molar-refractivity contribution in [1.29, 1.82) is 0 Å². The number of H-pyrrole nitrogens is 1. The number of aromatic amines is 1. The van der Waals surface area contributed by atoms with Gasteiger partial charge in [0.1, 0.15) is 0 Å². The van der Waals surface area contributed by atoms with Gasteiger partial charge in [-0.1, -0.05) is 36.4 Å². The van der Waals surface area contributed by atoms with E-state index in [-0.39, 0.29) is 17.6 Å². The summed E-state index contributed by atoms with van der Waals surface area (Å²) in [6.45, 7) is 2.01. The summed E-state index contributed by atoms with van der Waals surface area (Å²) >= 11 is 0. The van der Waals surface area contributed by atoms with Gasteiger partial charge in [0.2, 0.25) is 0 Å². The number of hydrogen-bond acceptors (Lipinski definition) is 5. The lowest BCUT2D eigenvalue weighted by molar-refractivity contribution is -0.116. The normalized spacial score (nSPS) is 20.0. The summed E-state index contributed by atoms with van der Waals surface area (Å²) in [6.07, 6.45) is 1.21. The topological polar surface area (TPSA) is 76.2 Å². The summed E-state index contributed by atoms with van der Waals surface area (Å²) in [5.74, 6) is 2.31. The molecule has 31 heavy (non-hydrogen) atoms. The van der Waals surface area contributed by atoms with Crippen molar-refractivity contribution in [3.8, 4) is 11.5 Å². The number of carbonyl (C=O) groups excluding carboxylic acids is 1. The van der Waals surface area contributed by atoms with Crippen LogP contribution in [0.25, 0.3) is 0 Å². The summed E-state index contributed by atoms with van der Waals surface area (Å²) in [5.41, 5.74) is 6.05. The summed E-state index contributed by atoms with van der Waals surface area (Å²) in [7, 11) is 3.25. The number of anilines is 1. The zero-order valence-electron chi connectivity index (χ0n) is 17.9. The molecule has 0 spiro atoms. The van der Waals surface area contributed by atoms with Gasteiger partial charge >= 0.3 is 0 Å². The second kappa shape index (κ2) is 7.61. The maximum absolute atomic E-state index is 13.5. The van der Waals surface area contributed by atoms with Crippen LogP contribution in [0.1, 0.15) is 47.1 Å². The van der Waals surface area contributed by atoms with Gasteiger partial charge < -0.3 is 14.8 Å². The number of fused-ring (bicyclic) bond motifs is 1. The molecule has 1 aromatic heterocycles. The highest BCUT2D eigenvalue weighted by molar-refractivity contribution is 6.01. The van der Waals surface area contributed by atoms with Crippen molar-refractivity contribution in [1.82, 2.24) is 10.2 Å². The molecule has 6 nitrogen and oxygen atoms in total. The van der Waals surface area contributed by atoms with Crippen LogP contribution in [0.5, 0.6) is 11.5 Å². The fourth-order valence-corrected chi connectivity index (χ4v) is 4.88. The second-order valence-electron chi connectivity index (χ2n) is 8.11. The van der Waals surface area contributed by atoms with Crippen LogP contribution in [-0.2, 0) is 4.79 Å². The van der Waals surface area contributed by atoms with Gasteiger partial charge in [-0.05, 0) is 42.5 Å². The number of aryl methyl sites for hydroxylation is 1. The first-order valence-electron chi connectivity index (χ1n) is 10.5. The molecule has 1 aliphatic carbocycles. The van der Waals surface area contributed by atoms with Gasteiger partial charge in [0.25, 0.3) is 0 Å². The van der Waals surface area contributed by atoms with E-state index in [4.69, 9.17) is 9.47 Å². The van der Waals surface area contributed by atoms with E-state index in [2.05, 4.69) is 27.6 Å². The predicted octanol–water partition coefficient (Wildman–Crippen LogP) is 4.69. The number of aromatic nitrogens is 2. The van der Waals surface area contributed by atoms with Gasteiger partial charge in [0, 0.05) is 34.9 Å². The molecule has 0 fully saturated rings. The SMILES string of the molecule is COc1ccc(C2CC(=O)C3=C(C2)Nc2n[nH]c(C)c2C3c2ccccc2)cc1OC. The number of nitrogens with zero attached hydrogens (tertiary/aromatic N) is 1. The lowest BCUT2D eigenvalue weighted by Gasteiger charge is -2.35. The Balaban J connectivity index is 1.57. The molecule has 5 rings (SSSR count). The molecule has 2 unspecified atom stereocenters. The maximum Gasteiger partial charge on any atom is 0.162 e. The number of hydrogen-bond donors (Lipinski definition) is 2. The Labute approximate surface area is 181 Å². The van der Waals surface area contributed by atoms with Gasteiger partial charge in [0.05, 0.1) is 14.2 Å². The molecule has 2 aromatic carbocycles. The maximum atomic E-state index is 13.5. The lowest BCUT2D eigenvalue weighted by Crippen LogP contribution is -2.29. The van der Waals surface area contributed by atoms with Gasteiger partial charge in [0.15, 0.2) is 23.1 Å². The number of benzene rings is 2. The molecule has 0 radical (unpaired) electrons. The molecule has 2 aliphatic rings. The predicted molar refractivity (Wildman–Crippen MR) is 119 cm³/mol. The van der Waals surface area contributed by atoms with Crippen molar-refractivity contribution in [3.63, 3.8) is 0 Å². The second-order valence-corrected chi connectivity index (χ2v) is 8.11. The van der Waals surface area contributed by atoms with Crippen molar-refractivity contribution < 1.29 is 14.3 Å². The van der Waals surface area contributed by atoms with Crippen molar-refractivity contribution in [2.24, 2.45) is 0 Å². The third kappa shape index (κ3) is 3.19. The number of Topliss-reactive ketones (excluding diaryl/α,β-unsaturated/α-hetero) is 1. The van der Waals surface area contributed by atoms with Crippen molar-refractivity contribution in [2.75, 3.05) is 19.5 Å². The largest absolute Gasteiger partial charge is 0.493 e. The Kier molecular flexibility index (Phi) is 4.77. The first kappa shape index (κ1) is 19.4. The molecule has 6 heteroatoms. The Morgan fingerprint density at radius 3 is 2.48 bits per heavy atom. The minimum absolute atomic E-state index is 0.0663. The summed E-state index contributed by atoms with van der Waals surface area (Å²) in [4.78, 5) is 13.5. The Morgan fingerprint density at radius 2 is 1.74 bits per heavy atom. The van der Waals surface area contributed by atoms with Crippen molar-refractivity contribution in [2.45, 2.75) is 31.6 Å². The third-order valence-electron chi connectivity index (χ3n) is 6.36. The highest BCUT2D eigenvalue weighted by atomic mass is 16.5. The van der Waals surface area contributed by atoms with Crippen LogP contribution in [-0.4, -0.2) is 30.2 Å². The van der Waals surface area contributed by atoms with Crippen molar-refractivity contribution >= 4 is 11.6 Å². The van der Waals surface area contributed by atoms with Gasteiger partial charge in [-0.15, -0.1) is 0 Å². The van der Waals surface area contributed by atoms with Crippen LogP contribution in [0.4, 0.5) is 5.82 Å². The lowest BCUT2D eigenvalue weighted by atomic mass is 9.72. The van der Waals surface area contributed by atoms with Crippen molar-refractivity contribution in [3.05, 3.63) is 82.2 Å². The zero-order chi connectivity index (χ0) is 21.5. The number of methoxy groups -OCH3 is 2. The van der Waals surface area contributed by atoms with Crippen LogP contribution < -0.4 is 14.8 Å². The Morgan fingerprint density at radius 1 is 0.968 bits per heavy atom. The number of carbonyl (C=O) groups is 1. The van der Waals surface area contributed by atoms with Crippen LogP contribution >= 0.6 is 0 Å². The quantitative estimate of drug-likeness (QED) is 0.646. The van der Waals surface area contributed by atoms with Gasteiger partial charge in [-0.3, -0.25) is 9.89 Å². The first-order valence-corrected chi connectivity index (χ1v) is 10.5. The molecule has 0 saturated carbocycles. The minimum Gasteiger partial charge on any atom is -0.493 e. The molecule has 1 aliphatic heterocycles. The fourth-order valence-electron chi connectivity index (χ4n) is 4.88. The van der Waals surface area contributed by atoms with Gasteiger partial charge in [-0.25, -0.2) is 0 Å². The van der Waals surface area contributed by atoms with Crippen LogP contribution in [0.2, 0.25) is 0 Å². The standard InChI is InChI=1S/C25H25N3O3/c1-14-22-23(15-7-5-4-6-8-15)24-18(26-25(22)28-27-14)11-17(12-19(24)29)16-9-10-20(30-2)21(13-16)31-3/h4-10,13,17,23H,11-12H2,1-3H3,(H2,26,27,28). The Hall–Kier alpha value is -3.54. The molecule has 158 valence electrons. The van der Waals surface area contributed by atoms with Crippen LogP contribution in [0.15, 0.2) is 59.8 Å². The number of ketones is 1. The summed E-state index contributed by atoms with van der Waals surface area (Å²) in [5, 5.41) is 11.0. The highest BCUT2D eigenvalue weighted by Gasteiger charge is 2.40. The van der Waals surface area contributed by atoms with E-state index in [0.29, 0.717) is 17.9 Å². The van der Waals surface area contributed by atoms with E-state index in [1.54, 1.807) is 14.2 Å². The summed E-state index contributed by atoms with van der Waals surface area (Å²) in [6, 6.07) is 16.1. The monoisotopic (exact) mass is 415 g/mol. The molecule has 2 heterocycles. The molecule has 0 amide bonds. The Bertz CT molecular complexity index is 1180. The molecular formula is C25H25N3O3. The molecule has 3 aromatic rings.